The van der Waals surface area contributed by atoms with Gasteiger partial charge in [0.05, 0.1) is 11.3 Å². The number of hydrogen-bond donors (Lipinski definition) is 2. The maximum Gasteiger partial charge on any atom is 0.121 e. The number of nitrogens with zero attached hydrogens (tertiary/aromatic N) is 2. The van der Waals surface area contributed by atoms with Gasteiger partial charge in [-0.05, 0) is 18.4 Å². The van der Waals surface area contributed by atoms with Crippen LogP contribution in [0.25, 0.3) is 11.3 Å². The van der Waals surface area contributed by atoms with Crippen molar-refractivity contribution < 1.29 is 5.11 Å². The predicted molar refractivity (Wildman–Crippen MR) is 66.2 cm³/mol. The Labute approximate surface area is 99.7 Å². The average Bonchev–Trinajstić information content (AvgIpc) is 2.99. The normalized spacial score (nSPS) is 17.1. The molecule has 1 aromatic carbocycles. The Balaban J connectivity index is 2.14. The van der Waals surface area contributed by atoms with Crippen molar-refractivity contribution in [1.82, 2.24) is 9.78 Å². The van der Waals surface area contributed by atoms with Gasteiger partial charge in [-0.25, -0.2) is 0 Å². The van der Waals surface area contributed by atoms with Gasteiger partial charge in [-0.3, -0.25) is 4.68 Å². The minimum Gasteiger partial charge on any atom is -0.385 e. The molecule has 0 radical (unpaired) electrons. The third-order valence-corrected chi connectivity index (χ3v) is 3.34. The van der Waals surface area contributed by atoms with Gasteiger partial charge in [0.15, 0.2) is 0 Å². The first-order valence-electron chi connectivity index (χ1n) is 5.72. The van der Waals surface area contributed by atoms with E-state index in [0.717, 1.165) is 29.7 Å². The summed E-state index contributed by atoms with van der Waals surface area (Å²) in [6.07, 6.45) is 1.65. The Morgan fingerprint density at radius 3 is 2.65 bits per heavy atom. The summed E-state index contributed by atoms with van der Waals surface area (Å²) >= 11 is 0. The molecule has 0 saturated heterocycles. The second kappa shape index (κ2) is 3.34. The van der Waals surface area contributed by atoms with Crippen LogP contribution in [-0.2, 0) is 12.6 Å². The van der Waals surface area contributed by atoms with Crippen molar-refractivity contribution in [2.24, 2.45) is 7.05 Å². The molecule has 0 bridgehead atoms. The number of aryl methyl sites for hydroxylation is 1. The number of nitrogens with two attached hydrogens (primary N) is 1. The summed E-state index contributed by atoms with van der Waals surface area (Å²) in [6.45, 7) is 0. The lowest BCUT2D eigenvalue weighted by Crippen LogP contribution is -2.06. The van der Waals surface area contributed by atoms with Gasteiger partial charge in [-0.1, -0.05) is 24.3 Å². The van der Waals surface area contributed by atoms with E-state index < -0.39 is 5.60 Å². The molecule has 1 aromatic heterocycles. The van der Waals surface area contributed by atoms with Crippen LogP contribution >= 0.6 is 0 Å². The first-order chi connectivity index (χ1) is 8.10. The summed E-state index contributed by atoms with van der Waals surface area (Å²) in [5, 5.41) is 14.6. The molecule has 3 rings (SSSR count). The number of anilines is 1. The molecule has 4 nitrogen and oxygen atoms in total. The highest BCUT2D eigenvalue weighted by atomic mass is 16.3. The summed E-state index contributed by atoms with van der Waals surface area (Å²) in [5.41, 5.74) is 7.89. The molecule has 1 aliphatic carbocycles. The van der Waals surface area contributed by atoms with Gasteiger partial charge in [0.2, 0.25) is 0 Å². The largest absolute Gasteiger partial charge is 0.385 e. The van der Waals surface area contributed by atoms with Crippen molar-refractivity contribution in [2.75, 3.05) is 5.73 Å². The van der Waals surface area contributed by atoms with Gasteiger partial charge in [-0.15, -0.1) is 0 Å². The molecule has 1 fully saturated rings. The highest BCUT2D eigenvalue weighted by Gasteiger charge is 2.43. The Kier molecular flexibility index (Phi) is 2.03. The molecule has 1 heterocycles. The molecule has 0 unspecified atom stereocenters. The van der Waals surface area contributed by atoms with Crippen molar-refractivity contribution in [3.63, 3.8) is 0 Å². The highest BCUT2D eigenvalue weighted by molar-refractivity contribution is 5.68. The van der Waals surface area contributed by atoms with E-state index in [1.165, 1.54) is 0 Å². The minimum atomic E-state index is -0.650. The van der Waals surface area contributed by atoms with Crippen molar-refractivity contribution >= 4 is 5.82 Å². The third kappa shape index (κ3) is 1.61. The van der Waals surface area contributed by atoms with Crippen molar-refractivity contribution in [3.05, 3.63) is 35.9 Å². The molecule has 17 heavy (non-hydrogen) atoms. The molecule has 0 aliphatic heterocycles. The van der Waals surface area contributed by atoms with E-state index in [0.29, 0.717) is 5.82 Å². The lowest BCUT2D eigenvalue weighted by molar-refractivity contribution is 0.152. The maximum atomic E-state index is 10.3. The number of aliphatic hydroxyl groups is 1. The number of aromatic nitrogens is 2. The Bertz CT molecular complexity index is 550. The molecular formula is C13H15N3O. The molecule has 88 valence electrons. The van der Waals surface area contributed by atoms with E-state index in [2.05, 4.69) is 5.10 Å². The first-order valence-corrected chi connectivity index (χ1v) is 5.72. The summed E-state index contributed by atoms with van der Waals surface area (Å²) in [6, 6.07) is 9.68. The average molecular weight is 229 g/mol. The fourth-order valence-electron chi connectivity index (χ4n) is 2.11. The van der Waals surface area contributed by atoms with E-state index in [9.17, 15) is 5.11 Å². The van der Waals surface area contributed by atoms with Crippen LogP contribution in [0.1, 0.15) is 18.4 Å². The van der Waals surface area contributed by atoms with Crippen LogP contribution < -0.4 is 5.73 Å². The van der Waals surface area contributed by atoms with Crippen LogP contribution in [0.4, 0.5) is 5.82 Å². The van der Waals surface area contributed by atoms with E-state index in [-0.39, 0.29) is 0 Å². The summed E-state index contributed by atoms with van der Waals surface area (Å²) in [7, 11) is 1.81. The summed E-state index contributed by atoms with van der Waals surface area (Å²) in [4.78, 5) is 0. The summed E-state index contributed by atoms with van der Waals surface area (Å²) < 4.78 is 1.64. The predicted octanol–water partition coefficient (Wildman–Crippen LogP) is 1.65. The van der Waals surface area contributed by atoms with Crippen LogP contribution in [0.3, 0.4) is 0 Å². The fraction of sp³-hybridized carbons (Fsp3) is 0.308. The molecule has 0 atom stereocenters. The SMILES string of the molecule is Cn1nc(-c2ccccc2C2(O)CC2)cc1N. The lowest BCUT2D eigenvalue weighted by Gasteiger charge is -2.12. The molecule has 4 heteroatoms. The molecule has 1 saturated carbocycles. The number of nitrogen functional groups attached to an aromatic ring is 1. The van der Waals surface area contributed by atoms with Crippen LogP contribution in [-0.4, -0.2) is 14.9 Å². The topological polar surface area (TPSA) is 64.1 Å². The molecule has 2 aromatic rings. The van der Waals surface area contributed by atoms with E-state index in [1.54, 1.807) is 4.68 Å². The fourth-order valence-corrected chi connectivity index (χ4v) is 2.11. The minimum absolute atomic E-state index is 0.623. The smallest absolute Gasteiger partial charge is 0.121 e. The van der Waals surface area contributed by atoms with Gasteiger partial charge in [-0.2, -0.15) is 5.10 Å². The van der Waals surface area contributed by atoms with Gasteiger partial charge in [0.25, 0.3) is 0 Å². The zero-order valence-electron chi connectivity index (χ0n) is 9.72. The summed E-state index contributed by atoms with van der Waals surface area (Å²) in [5.74, 6) is 0.623. The molecular weight excluding hydrogens is 214 g/mol. The van der Waals surface area contributed by atoms with Gasteiger partial charge < -0.3 is 10.8 Å². The number of hydrogen-bond acceptors (Lipinski definition) is 3. The van der Waals surface area contributed by atoms with Gasteiger partial charge in [0.1, 0.15) is 5.82 Å². The van der Waals surface area contributed by atoms with E-state index in [4.69, 9.17) is 5.73 Å². The zero-order valence-corrected chi connectivity index (χ0v) is 9.72. The quantitative estimate of drug-likeness (QED) is 0.823. The Hall–Kier alpha value is -1.81. The monoisotopic (exact) mass is 229 g/mol. The van der Waals surface area contributed by atoms with Crippen LogP contribution in [0.5, 0.6) is 0 Å². The molecule has 0 amide bonds. The second-order valence-corrected chi connectivity index (χ2v) is 4.66. The van der Waals surface area contributed by atoms with Crippen LogP contribution in [0.15, 0.2) is 30.3 Å². The number of benzene rings is 1. The Morgan fingerprint density at radius 1 is 1.35 bits per heavy atom. The highest BCUT2D eigenvalue weighted by Crippen LogP contribution is 2.48. The zero-order chi connectivity index (χ0) is 12.0. The van der Waals surface area contributed by atoms with Gasteiger partial charge >= 0.3 is 0 Å². The van der Waals surface area contributed by atoms with Gasteiger partial charge in [0, 0.05) is 18.7 Å². The van der Waals surface area contributed by atoms with Crippen LogP contribution in [0.2, 0.25) is 0 Å². The van der Waals surface area contributed by atoms with Crippen LogP contribution in [0, 0.1) is 0 Å². The first kappa shape index (κ1) is 10.4. The van der Waals surface area contributed by atoms with Crippen molar-refractivity contribution in [2.45, 2.75) is 18.4 Å². The third-order valence-electron chi connectivity index (χ3n) is 3.34. The van der Waals surface area contributed by atoms with Crippen molar-refractivity contribution in [1.29, 1.82) is 0 Å². The Morgan fingerprint density at radius 2 is 2.06 bits per heavy atom. The molecule has 1 aliphatic rings. The maximum absolute atomic E-state index is 10.3. The number of rotatable bonds is 2. The molecule has 3 N–H and O–H groups in total. The van der Waals surface area contributed by atoms with E-state index in [1.807, 2.05) is 37.4 Å². The molecule has 0 spiro atoms. The lowest BCUT2D eigenvalue weighted by atomic mass is 9.98. The van der Waals surface area contributed by atoms with Crippen molar-refractivity contribution in [3.8, 4) is 11.3 Å². The standard InChI is InChI=1S/C13H15N3O/c1-16-12(14)8-11(15-16)9-4-2-3-5-10(9)13(17)6-7-13/h2-5,8,17H,6-7,14H2,1H3. The second-order valence-electron chi connectivity index (χ2n) is 4.66. The van der Waals surface area contributed by atoms with E-state index >= 15 is 0 Å².